The molecule has 1 unspecified atom stereocenters. The second-order valence-electron chi connectivity index (χ2n) is 6.46. The molecule has 1 amide bonds. The lowest BCUT2D eigenvalue weighted by atomic mass is 9.77. The smallest absolute Gasteiger partial charge is 0.227 e. The predicted molar refractivity (Wildman–Crippen MR) is 85.2 cm³/mol. The standard InChI is InChI=1S/C16H26N2OS/c1-4-16(8-6-9-17-12-16)14(19)18-11-15(2,3)13-7-5-10-20-13/h5,7,10,17H,4,6,8-9,11-12H2,1-3H3,(H,18,19). The number of carbonyl (C=O) groups is 1. The van der Waals surface area contributed by atoms with E-state index < -0.39 is 0 Å². The van der Waals surface area contributed by atoms with Crippen molar-refractivity contribution in [1.82, 2.24) is 10.6 Å². The Morgan fingerprint density at radius 1 is 1.55 bits per heavy atom. The molecule has 0 aromatic carbocycles. The summed E-state index contributed by atoms with van der Waals surface area (Å²) < 4.78 is 0. The first-order valence-corrected chi connectivity index (χ1v) is 8.41. The van der Waals surface area contributed by atoms with Crippen LogP contribution in [0.1, 0.15) is 44.9 Å². The number of piperidine rings is 1. The maximum absolute atomic E-state index is 12.6. The average molecular weight is 294 g/mol. The Morgan fingerprint density at radius 3 is 2.90 bits per heavy atom. The van der Waals surface area contributed by atoms with E-state index in [0.717, 1.165) is 32.4 Å². The number of nitrogens with one attached hydrogen (secondary N) is 2. The highest BCUT2D eigenvalue weighted by atomic mass is 32.1. The summed E-state index contributed by atoms with van der Waals surface area (Å²) in [5.41, 5.74) is -0.204. The minimum Gasteiger partial charge on any atom is -0.355 e. The molecule has 112 valence electrons. The second-order valence-corrected chi connectivity index (χ2v) is 7.41. The van der Waals surface area contributed by atoms with Crippen LogP contribution in [0.3, 0.4) is 0 Å². The number of amides is 1. The fraction of sp³-hybridized carbons (Fsp3) is 0.688. The number of carbonyl (C=O) groups excluding carboxylic acids is 1. The molecule has 1 aromatic rings. The molecule has 0 radical (unpaired) electrons. The average Bonchev–Trinajstić information content (AvgIpc) is 3.00. The van der Waals surface area contributed by atoms with E-state index in [1.54, 1.807) is 11.3 Å². The normalized spacial score (nSPS) is 23.6. The summed E-state index contributed by atoms with van der Waals surface area (Å²) in [6.45, 7) is 9.06. The Hall–Kier alpha value is -0.870. The van der Waals surface area contributed by atoms with Crippen LogP contribution in [0.15, 0.2) is 17.5 Å². The van der Waals surface area contributed by atoms with Crippen molar-refractivity contribution < 1.29 is 4.79 Å². The molecule has 0 spiro atoms. The molecule has 4 heteroatoms. The van der Waals surface area contributed by atoms with Crippen LogP contribution in [0.5, 0.6) is 0 Å². The van der Waals surface area contributed by atoms with Gasteiger partial charge in [-0.2, -0.15) is 0 Å². The van der Waals surface area contributed by atoms with E-state index in [-0.39, 0.29) is 16.7 Å². The zero-order valence-corrected chi connectivity index (χ0v) is 13.6. The van der Waals surface area contributed by atoms with E-state index in [0.29, 0.717) is 6.54 Å². The summed E-state index contributed by atoms with van der Waals surface area (Å²) >= 11 is 1.76. The summed E-state index contributed by atoms with van der Waals surface area (Å²) in [7, 11) is 0. The predicted octanol–water partition coefficient (Wildman–Crippen LogP) is 2.92. The van der Waals surface area contributed by atoms with E-state index in [1.807, 2.05) is 0 Å². The highest BCUT2D eigenvalue weighted by molar-refractivity contribution is 7.10. The van der Waals surface area contributed by atoms with Gasteiger partial charge in [0.25, 0.3) is 0 Å². The Morgan fingerprint density at radius 2 is 2.35 bits per heavy atom. The Balaban J connectivity index is 1.97. The lowest BCUT2D eigenvalue weighted by molar-refractivity contribution is -0.132. The highest BCUT2D eigenvalue weighted by Gasteiger charge is 2.38. The summed E-state index contributed by atoms with van der Waals surface area (Å²) in [6.07, 6.45) is 3.00. The highest BCUT2D eigenvalue weighted by Crippen LogP contribution is 2.31. The van der Waals surface area contributed by atoms with E-state index in [4.69, 9.17) is 0 Å². The summed E-state index contributed by atoms with van der Waals surface area (Å²) in [6, 6.07) is 4.22. The number of hydrogen-bond acceptors (Lipinski definition) is 3. The van der Waals surface area contributed by atoms with E-state index >= 15 is 0 Å². The van der Waals surface area contributed by atoms with Crippen LogP contribution in [-0.4, -0.2) is 25.5 Å². The number of hydrogen-bond donors (Lipinski definition) is 2. The summed E-state index contributed by atoms with van der Waals surface area (Å²) in [4.78, 5) is 13.9. The van der Waals surface area contributed by atoms with Crippen molar-refractivity contribution in [2.45, 2.75) is 45.4 Å². The van der Waals surface area contributed by atoms with Gasteiger partial charge in [0, 0.05) is 23.4 Å². The van der Waals surface area contributed by atoms with Crippen molar-refractivity contribution in [2.75, 3.05) is 19.6 Å². The fourth-order valence-corrected chi connectivity index (χ4v) is 3.72. The Labute approximate surface area is 126 Å². The van der Waals surface area contributed by atoms with Gasteiger partial charge < -0.3 is 10.6 Å². The monoisotopic (exact) mass is 294 g/mol. The van der Waals surface area contributed by atoms with Crippen LogP contribution >= 0.6 is 11.3 Å². The van der Waals surface area contributed by atoms with Crippen molar-refractivity contribution in [3.8, 4) is 0 Å². The van der Waals surface area contributed by atoms with Crippen molar-refractivity contribution in [1.29, 1.82) is 0 Å². The van der Waals surface area contributed by atoms with Crippen LogP contribution in [0, 0.1) is 5.41 Å². The third-order valence-corrected chi connectivity index (χ3v) is 5.75. The van der Waals surface area contributed by atoms with Gasteiger partial charge >= 0.3 is 0 Å². The van der Waals surface area contributed by atoms with Gasteiger partial charge in [-0.25, -0.2) is 0 Å². The van der Waals surface area contributed by atoms with Gasteiger partial charge in [-0.15, -0.1) is 11.3 Å². The Bertz CT molecular complexity index is 433. The third kappa shape index (κ3) is 3.23. The first-order valence-electron chi connectivity index (χ1n) is 7.53. The molecule has 1 fully saturated rings. The van der Waals surface area contributed by atoms with Gasteiger partial charge in [-0.1, -0.05) is 26.8 Å². The lowest BCUT2D eigenvalue weighted by Crippen LogP contribution is -2.52. The van der Waals surface area contributed by atoms with Crippen LogP contribution in [0.25, 0.3) is 0 Å². The third-order valence-electron chi connectivity index (χ3n) is 4.51. The molecule has 1 aliphatic heterocycles. The molecule has 3 nitrogen and oxygen atoms in total. The first kappa shape index (κ1) is 15.5. The fourth-order valence-electron chi connectivity index (χ4n) is 2.86. The zero-order valence-electron chi connectivity index (χ0n) is 12.8. The maximum atomic E-state index is 12.6. The summed E-state index contributed by atoms with van der Waals surface area (Å²) in [5.74, 6) is 0.219. The van der Waals surface area contributed by atoms with Gasteiger partial charge in [-0.05, 0) is 37.3 Å². The second kappa shape index (κ2) is 6.27. The molecule has 0 aliphatic carbocycles. The molecule has 20 heavy (non-hydrogen) atoms. The molecule has 0 bridgehead atoms. The molecule has 1 aromatic heterocycles. The quantitative estimate of drug-likeness (QED) is 0.876. The summed E-state index contributed by atoms with van der Waals surface area (Å²) in [5, 5.41) is 8.67. The van der Waals surface area contributed by atoms with Crippen LogP contribution in [-0.2, 0) is 10.2 Å². The number of rotatable bonds is 5. The SMILES string of the molecule is CCC1(C(=O)NCC(C)(C)c2cccs2)CCCNC1. The molecule has 2 N–H and O–H groups in total. The Kier molecular flexibility index (Phi) is 4.86. The molecular weight excluding hydrogens is 268 g/mol. The van der Waals surface area contributed by atoms with Crippen LogP contribution in [0.4, 0.5) is 0 Å². The van der Waals surface area contributed by atoms with E-state index in [1.165, 1.54) is 4.88 Å². The van der Waals surface area contributed by atoms with Crippen molar-refractivity contribution in [3.63, 3.8) is 0 Å². The van der Waals surface area contributed by atoms with Crippen LogP contribution < -0.4 is 10.6 Å². The minimum absolute atomic E-state index is 0.000847. The van der Waals surface area contributed by atoms with Crippen molar-refractivity contribution in [3.05, 3.63) is 22.4 Å². The first-order chi connectivity index (χ1) is 9.50. The van der Waals surface area contributed by atoms with E-state index in [9.17, 15) is 4.79 Å². The van der Waals surface area contributed by atoms with Gasteiger partial charge in [0.05, 0.1) is 5.41 Å². The molecule has 1 aliphatic rings. The molecule has 0 saturated carbocycles. The van der Waals surface area contributed by atoms with Crippen molar-refractivity contribution >= 4 is 17.2 Å². The van der Waals surface area contributed by atoms with Gasteiger partial charge in [0.2, 0.25) is 5.91 Å². The van der Waals surface area contributed by atoms with Crippen LogP contribution in [0.2, 0.25) is 0 Å². The van der Waals surface area contributed by atoms with E-state index in [2.05, 4.69) is 48.9 Å². The topological polar surface area (TPSA) is 41.1 Å². The molecule has 2 heterocycles. The molecule has 1 saturated heterocycles. The zero-order chi connectivity index (χ0) is 14.6. The molecule has 2 rings (SSSR count). The molecular formula is C16H26N2OS. The lowest BCUT2D eigenvalue weighted by Gasteiger charge is -2.36. The van der Waals surface area contributed by atoms with Crippen molar-refractivity contribution in [2.24, 2.45) is 5.41 Å². The largest absolute Gasteiger partial charge is 0.355 e. The molecule has 1 atom stereocenters. The minimum atomic E-state index is -0.205. The van der Waals surface area contributed by atoms with Gasteiger partial charge in [-0.3, -0.25) is 4.79 Å². The maximum Gasteiger partial charge on any atom is 0.227 e. The van der Waals surface area contributed by atoms with Gasteiger partial charge in [0.15, 0.2) is 0 Å². The number of thiophene rings is 1. The van der Waals surface area contributed by atoms with Gasteiger partial charge in [0.1, 0.15) is 0 Å².